The molecule has 1 aliphatic heterocycles. The molecule has 1 heterocycles. The zero-order valence-corrected chi connectivity index (χ0v) is 21.2. The van der Waals surface area contributed by atoms with Crippen molar-refractivity contribution in [3.8, 4) is 5.75 Å². The number of carbonyl (C=O) groups is 1. The van der Waals surface area contributed by atoms with Crippen molar-refractivity contribution in [3.63, 3.8) is 0 Å². The van der Waals surface area contributed by atoms with Gasteiger partial charge in [-0.05, 0) is 68.5 Å². The smallest absolute Gasteiger partial charge is 0.341 e. The molecule has 0 saturated carbocycles. The van der Waals surface area contributed by atoms with Crippen LogP contribution in [0.1, 0.15) is 67.4 Å². The summed E-state index contributed by atoms with van der Waals surface area (Å²) in [5.74, 6) is -0.305. The second-order valence-electron chi connectivity index (χ2n) is 8.96. The first-order valence-corrected chi connectivity index (χ1v) is 12.1. The maximum Gasteiger partial charge on any atom is 0.341 e. The summed E-state index contributed by atoms with van der Waals surface area (Å²) in [7, 11) is 0. The van der Waals surface area contributed by atoms with Crippen LogP contribution in [0.2, 0.25) is 10.0 Å². The van der Waals surface area contributed by atoms with Crippen molar-refractivity contribution in [2.45, 2.75) is 65.1 Å². The lowest BCUT2D eigenvalue weighted by molar-refractivity contribution is -0.139. The maximum absolute atomic E-state index is 11.2. The molecule has 0 amide bonds. The van der Waals surface area contributed by atoms with Crippen molar-refractivity contribution in [1.29, 1.82) is 0 Å². The van der Waals surface area contributed by atoms with Gasteiger partial charge in [0.25, 0.3) is 0 Å². The number of hydrogen-bond donors (Lipinski definition) is 1. The first-order chi connectivity index (χ1) is 15.6. The van der Waals surface area contributed by atoms with Crippen LogP contribution in [0, 0.1) is 19.8 Å². The average molecular weight is 491 g/mol. The van der Waals surface area contributed by atoms with Crippen molar-refractivity contribution in [3.05, 3.63) is 74.8 Å². The lowest BCUT2D eigenvalue weighted by Gasteiger charge is -2.43. The zero-order chi connectivity index (χ0) is 24.3. The molecule has 1 N–H and O–H groups in total. The Labute approximate surface area is 206 Å². The van der Waals surface area contributed by atoms with Crippen molar-refractivity contribution in [1.82, 2.24) is 0 Å². The molecule has 33 heavy (non-hydrogen) atoms. The quantitative estimate of drug-likeness (QED) is 0.385. The van der Waals surface area contributed by atoms with Gasteiger partial charge in [-0.3, -0.25) is 0 Å². The fourth-order valence-corrected chi connectivity index (χ4v) is 5.10. The third kappa shape index (κ3) is 5.74. The van der Waals surface area contributed by atoms with Crippen LogP contribution in [0.3, 0.4) is 0 Å². The van der Waals surface area contributed by atoms with Crippen LogP contribution in [0.25, 0.3) is 0 Å². The van der Waals surface area contributed by atoms with Crippen molar-refractivity contribution in [2.75, 3.05) is 6.61 Å². The Morgan fingerprint density at radius 2 is 1.91 bits per heavy atom. The first-order valence-electron chi connectivity index (χ1n) is 11.3. The van der Waals surface area contributed by atoms with Crippen LogP contribution in [-0.2, 0) is 9.53 Å². The number of carboxylic acids is 1. The lowest BCUT2D eigenvalue weighted by Crippen LogP contribution is -2.36. The molecule has 2 aromatic rings. The van der Waals surface area contributed by atoms with E-state index < -0.39 is 12.6 Å². The van der Waals surface area contributed by atoms with Gasteiger partial charge in [-0.15, -0.1) is 0 Å². The third-order valence-electron chi connectivity index (χ3n) is 6.48. The predicted molar refractivity (Wildman–Crippen MR) is 134 cm³/mol. The Kier molecular flexibility index (Phi) is 8.49. The van der Waals surface area contributed by atoms with E-state index in [0.717, 1.165) is 41.5 Å². The molecule has 0 spiro atoms. The Bertz CT molecular complexity index is 1020. The van der Waals surface area contributed by atoms with Crippen molar-refractivity contribution < 1.29 is 19.4 Å². The number of hydrogen-bond acceptors (Lipinski definition) is 3. The topological polar surface area (TPSA) is 55.8 Å². The van der Waals surface area contributed by atoms with Gasteiger partial charge in [0.1, 0.15) is 5.75 Å². The molecule has 1 saturated heterocycles. The van der Waals surface area contributed by atoms with E-state index in [1.165, 1.54) is 5.56 Å². The van der Waals surface area contributed by atoms with Crippen LogP contribution in [0.15, 0.2) is 42.5 Å². The highest BCUT2D eigenvalue weighted by atomic mass is 35.5. The highest BCUT2D eigenvalue weighted by Gasteiger charge is 2.41. The van der Waals surface area contributed by atoms with Gasteiger partial charge < -0.3 is 14.6 Å². The molecule has 4 atom stereocenters. The summed E-state index contributed by atoms with van der Waals surface area (Å²) in [6.45, 7) is 11.8. The Morgan fingerprint density at radius 1 is 1.24 bits per heavy atom. The minimum atomic E-state index is -1.03. The van der Waals surface area contributed by atoms with Gasteiger partial charge in [-0.1, -0.05) is 60.8 Å². The highest BCUT2D eigenvalue weighted by Crippen LogP contribution is 2.51. The molecule has 0 aromatic heterocycles. The van der Waals surface area contributed by atoms with E-state index in [2.05, 4.69) is 25.6 Å². The van der Waals surface area contributed by atoms with Crippen LogP contribution in [0.5, 0.6) is 5.75 Å². The van der Waals surface area contributed by atoms with Gasteiger partial charge in [0.15, 0.2) is 6.61 Å². The van der Waals surface area contributed by atoms with E-state index in [9.17, 15) is 9.90 Å². The molecule has 0 unspecified atom stereocenters. The molecular weight excluding hydrogens is 459 g/mol. The van der Waals surface area contributed by atoms with Gasteiger partial charge in [-0.2, -0.15) is 0 Å². The van der Waals surface area contributed by atoms with Gasteiger partial charge in [0, 0.05) is 27.4 Å². The minimum Gasteiger partial charge on any atom is -0.482 e. The molecule has 2 aromatic carbocycles. The molecule has 178 valence electrons. The summed E-state index contributed by atoms with van der Waals surface area (Å²) in [6.07, 6.45) is 2.40. The van der Waals surface area contributed by atoms with Crippen molar-refractivity contribution >= 4 is 29.2 Å². The SMILES string of the molecule is C=C(C)[C@H]1C[C@H](c2ccc(Cl)cc2)[C@H](CCC)O[C@@H]1c1c(OCC(=O)O)cc(C)c(Cl)c1C. The van der Waals surface area contributed by atoms with Crippen LogP contribution < -0.4 is 4.74 Å². The molecule has 0 bridgehead atoms. The number of rotatable bonds is 8. The monoisotopic (exact) mass is 490 g/mol. The van der Waals surface area contributed by atoms with E-state index in [1.807, 2.05) is 39.0 Å². The molecule has 0 radical (unpaired) electrons. The standard InChI is InChI=1S/C27H32Cl2O4/c1-6-7-22-21(18-8-10-19(28)11-9-18)13-20(15(2)3)27(33-22)25-17(5)26(29)16(4)12-23(25)32-14-24(30)31/h8-12,20-22,27H,2,6-7,13-14H2,1,3-5H3,(H,30,31)/t20-,21-,22+,27+/m1/s1. The lowest BCUT2D eigenvalue weighted by atomic mass is 9.74. The van der Waals surface area contributed by atoms with Gasteiger partial charge in [0.05, 0.1) is 12.2 Å². The van der Waals surface area contributed by atoms with Crippen molar-refractivity contribution in [2.24, 2.45) is 5.92 Å². The Morgan fingerprint density at radius 3 is 2.48 bits per heavy atom. The Balaban J connectivity index is 2.08. The van der Waals surface area contributed by atoms with E-state index >= 15 is 0 Å². The fraction of sp³-hybridized carbons (Fsp3) is 0.444. The normalized spacial score (nSPS) is 22.7. The molecule has 1 aliphatic rings. The molecule has 0 aliphatic carbocycles. The summed E-state index contributed by atoms with van der Waals surface area (Å²) in [5.41, 5.74) is 4.71. The number of carboxylic acid groups (broad SMARTS) is 1. The average Bonchev–Trinajstić information content (AvgIpc) is 2.76. The second-order valence-corrected chi connectivity index (χ2v) is 9.77. The fourth-order valence-electron chi connectivity index (χ4n) is 4.82. The third-order valence-corrected chi connectivity index (χ3v) is 7.31. The van der Waals surface area contributed by atoms with E-state index in [-0.39, 0.29) is 24.0 Å². The second kappa shape index (κ2) is 10.9. The van der Waals surface area contributed by atoms with Crippen LogP contribution in [-0.4, -0.2) is 23.8 Å². The number of halogens is 2. The highest BCUT2D eigenvalue weighted by molar-refractivity contribution is 6.32. The molecule has 6 heteroatoms. The van der Waals surface area contributed by atoms with Gasteiger partial charge >= 0.3 is 5.97 Å². The van der Waals surface area contributed by atoms with Crippen LogP contribution >= 0.6 is 23.2 Å². The summed E-state index contributed by atoms with van der Waals surface area (Å²) in [4.78, 5) is 11.2. The summed E-state index contributed by atoms with van der Waals surface area (Å²) >= 11 is 12.8. The molecular formula is C27H32Cl2O4. The largest absolute Gasteiger partial charge is 0.482 e. The predicted octanol–water partition coefficient (Wildman–Crippen LogP) is 7.68. The molecule has 4 nitrogen and oxygen atoms in total. The number of benzene rings is 2. The first kappa shape index (κ1) is 25.6. The van der Waals surface area contributed by atoms with E-state index in [0.29, 0.717) is 15.8 Å². The van der Waals surface area contributed by atoms with E-state index in [1.54, 1.807) is 0 Å². The number of ether oxygens (including phenoxy) is 2. The van der Waals surface area contributed by atoms with Gasteiger partial charge in [0.2, 0.25) is 0 Å². The summed E-state index contributed by atoms with van der Waals surface area (Å²) < 4.78 is 12.6. The number of aliphatic carboxylic acids is 1. The Hall–Kier alpha value is -2.01. The molecule has 1 fully saturated rings. The molecule has 3 rings (SSSR count). The number of aryl methyl sites for hydroxylation is 1. The van der Waals surface area contributed by atoms with Crippen LogP contribution in [0.4, 0.5) is 0 Å². The minimum absolute atomic E-state index is 0.0106. The maximum atomic E-state index is 11.2. The summed E-state index contributed by atoms with van der Waals surface area (Å²) in [5, 5.41) is 10.5. The summed E-state index contributed by atoms with van der Waals surface area (Å²) in [6, 6.07) is 9.80. The van der Waals surface area contributed by atoms with Gasteiger partial charge in [-0.25, -0.2) is 4.79 Å². The zero-order valence-electron chi connectivity index (χ0n) is 19.7. The van der Waals surface area contributed by atoms with E-state index in [4.69, 9.17) is 32.7 Å².